The Balaban J connectivity index is 1.78. The van der Waals surface area contributed by atoms with Crippen LogP contribution in [0.3, 0.4) is 0 Å². The van der Waals surface area contributed by atoms with Crippen LogP contribution in [0.4, 0.5) is 10.6 Å². The Hall–Kier alpha value is -3.81. The Kier molecular flexibility index (Phi) is 5.81. The van der Waals surface area contributed by atoms with E-state index < -0.39 is 49.1 Å². The van der Waals surface area contributed by atoms with E-state index in [9.17, 15) is 21.6 Å². The summed E-state index contributed by atoms with van der Waals surface area (Å²) in [5.41, 5.74) is 7.17. The van der Waals surface area contributed by atoms with E-state index >= 15 is 0 Å². The zero-order chi connectivity index (χ0) is 26.7. The topological polar surface area (TPSA) is 189 Å². The number of sulfone groups is 1. The number of nitrogens with one attached hydrogen (secondary N) is 2. The van der Waals surface area contributed by atoms with Gasteiger partial charge in [0.05, 0.1) is 10.9 Å². The lowest BCUT2D eigenvalue weighted by Gasteiger charge is -2.34. The van der Waals surface area contributed by atoms with E-state index in [2.05, 4.69) is 10.3 Å². The van der Waals surface area contributed by atoms with Crippen molar-refractivity contribution in [3.63, 3.8) is 0 Å². The monoisotopic (exact) mass is 540 g/mol. The average Bonchev–Trinajstić information content (AvgIpc) is 3.17. The van der Waals surface area contributed by atoms with Crippen molar-refractivity contribution in [2.45, 2.75) is 28.1 Å². The van der Waals surface area contributed by atoms with Gasteiger partial charge >= 0.3 is 6.03 Å². The summed E-state index contributed by atoms with van der Waals surface area (Å²) in [4.78, 5) is 18.8. The van der Waals surface area contributed by atoms with Gasteiger partial charge in [0.25, 0.3) is 0 Å². The van der Waals surface area contributed by atoms with Gasteiger partial charge in [0.1, 0.15) is 17.0 Å². The number of rotatable bonds is 5. The van der Waals surface area contributed by atoms with Crippen molar-refractivity contribution in [1.29, 1.82) is 5.41 Å². The van der Waals surface area contributed by atoms with Crippen LogP contribution in [0.15, 0.2) is 71.8 Å². The van der Waals surface area contributed by atoms with Gasteiger partial charge in [-0.15, -0.1) is 0 Å². The Morgan fingerprint density at radius 1 is 1.00 bits per heavy atom. The predicted octanol–water partition coefficient (Wildman–Crippen LogP) is 1.85. The van der Waals surface area contributed by atoms with Gasteiger partial charge in [-0.3, -0.25) is 15.6 Å². The van der Waals surface area contributed by atoms with Crippen molar-refractivity contribution in [3.05, 3.63) is 89.1 Å². The molecule has 4 bridgehead atoms. The molecule has 0 spiro atoms. The summed E-state index contributed by atoms with van der Waals surface area (Å²) in [6, 6.07) is 14.6. The van der Waals surface area contributed by atoms with Crippen LogP contribution in [-0.2, 0) is 19.9 Å². The fraction of sp³-hybridized carbons (Fsp3) is 0.208. The van der Waals surface area contributed by atoms with Gasteiger partial charge in [0.2, 0.25) is 10.0 Å². The third-order valence-corrected chi connectivity index (χ3v) is 9.24. The number of amidine groups is 1. The maximum absolute atomic E-state index is 13.7. The summed E-state index contributed by atoms with van der Waals surface area (Å²) >= 11 is 0. The quantitative estimate of drug-likeness (QED) is 0.280. The molecule has 4 atom stereocenters. The SMILES string of the molecule is CS(=O)(=O)[C@@H]1[C@@H]2c3cccc(c3S(N)(=O)=O)C(C2c2cccc(C(=N)N)c2)N1C(=O)Nc1ccccn1. The Labute approximate surface area is 214 Å². The molecule has 13 heteroatoms. The molecule has 3 aromatic rings. The summed E-state index contributed by atoms with van der Waals surface area (Å²) in [5, 5.41) is 14.7. The first-order valence-corrected chi connectivity index (χ1v) is 14.7. The first kappa shape index (κ1) is 24.9. The summed E-state index contributed by atoms with van der Waals surface area (Å²) < 4.78 is 52.1. The molecule has 6 N–H and O–H groups in total. The number of nitrogen functional groups attached to an aromatic ring is 1. The van der Waals surface area contributed by atoms with Crippen LogP contribution < -0.4 is 16.2 Å². The van der Waals surface area contributed by atoms with Crippen LogP contribution in [-0.4, -0.2) is 50.2 Å². The normalized spacial score (nSPS) is 22.5. The van der Waals surface area contributed by atoms with Crippen molar-refractivity contribution in [2.75, 3.05) is 11.6 Å². The van der Waals surface area contributed by atoms with Crippen molar-refractivity contribution in [3.8, 4) is 0 Å². The van der Waals surface area contributed by atoms with E-state index in [0.29, 0.717) is 11.1 Å². The minimum atomic E-state index is -4.27. The first-order chi connectivity index (χ1) is 17.4. The zero-order valence-corrected chi connectivity index (χ0v) is 21.2. The van der Waals surface area contributed by atoms with Crippen LogP contribution in [0.2, 0.25) is 0 Å². The number of anilines is 1. The van der Waals surface area contributed by atoms with E-state index in [0.717, 1.165) is 6.26 Å². The van der Waals surface area contributed by atoms with Crippen molar-refractivity contribution in [1.82, 2.24) is 9.88 Å². The molecule has 11 nitrogen and oxygen atoms in total. The highest BCUT2D eigenvalue weighted by molar-refractivity contribution is 7.91. The number of aromatic nitrogens is 1. The number of pyridine rings is 1. The molecule has 37 heavy (non-hydrogen) atoms. The molecule has 0 radical (unpaired) electrons. The molecule has 1 fully saturated rings. The number of nitrogens with two attached hydrogens (primary N) is 2. The molecule has 5 rings (SSSR count). The van der Waals surface area contributed by atoms with E-state index in [4.69, 9.17) is 16.3 Å². The standard InChI is InChI=1S/C24H24N6O5S2/c1-36(32,33)23-19-15-8-5-9-16(21(15)37(27,34)35)20(18(19)13-6-4-7-14(12-13)22(25)26)30(23)24(31)29-17-10-2-3-11-28-17/h2-12,18-20,23H,1H3,(H3,25,26)(H2,27,34,35)(H,28,29,31)/t18?,19-,20?,23-/m1/s1. The lowest BCUT2D eigenvalue weighted by atomic mass is 9.73. The largest absolute Gasteiger partial charge is 0.384 e. The number of benzene rings is 2. The molecule has 2 heterocycles. The van der Waals surface area contributed by atoms with Crippen molar-refractivity contribution < 1.29 is 21.6 Å². The molecule has 1 aromatic heterocycles. The Morgan fingerprint density at radius 3 is 2.32 bits per heavy atom. The smallest absolute Gasteiger partial charge is 0.324 e. The van der Waals surface area contributed by atoms with Gasteiger partial charge in [0.15, 0.2) is 9.84 Å². The number of hydrogen-bond acceptors (Lipinski definition) is 7. The fourth-order valence-corrected chi connectivity index (χ4v) is 8.13. The molecular formula is C24H24N6O5S2. The van der Waals surface area contributed by atoms with Crippen LogP contribution in [0.1, 0.15) is 40.1 Å². The lowest BCUT2D eigenvalue weighted by molar-refractivity contribution is 0.198. The van der Waals surface area contributed by atoms with Gasteiger partial charge in [-0.2, -0.15) is 0 Å². The van der Waals surface area contributed by atoms with Gasteiger partial charge in [-0.25, -0.2) is 31.8 Å². The van der Waals surface area contributed by atoms with Gasteiger partial charge in [0, 0.05) is 29.9 Å². The van der Waals surface area contributed by atoms with E-state index in [1.54, 1.807) is 48.5 Å². The maximum Gasteiger partial charge on any atom is 0.324 e. The number of hydrogen-bond donors (Lipinski definition) is 4. The molecule has 1 saturated heterocycles. The number of sulfonamides is 1. The molecule has 2 unspecified atom stereocenters. The summed E-state index contributed by atoms with van der Waals surface area (Å²) in [6.07, 6.45) is 2.49. The number of primary sulfonamides is 1. The second kappa shape index (κ2) is 8.64. The average molecular weight is 541 g/mol. The molecule has 2 amide bonds. The van der Waals surface area contributed by atoms with Crippen LogP contribution in [0.25, 0.3) is 0 Å². The number of amides is 2. The summed E-state index contributed by atoms with van der Waals surface area (Å²) in [5.74, 6) is -1.60. The molecule has 192 valence electrons. The maximum atomic E-state index is 13.7. The van der Waals surface area contributed by atoms with Crippen LogP contribution >= 0.6 is 0 Å². The second-order valence-corrected chi connectivity index (χ2v) is 12.8. The van der Waals surface area contributed by atoms with E-state index in [-0.39, 0.29) is 27.7 Å². The number of nitrogens with zero attached hydrogens (tertiary/aromatic N) is 2. The molecule has 2 aromatic carbocycles. The van der Waals surface area contributed by atoms with E-state index in [1.807, 2.05) is 0 Å². The van der Waals surface area contributed by atoms with Gasteiger partial charge in [-0.1, -0.05) is 42.5 Å². The molecule has 1 aliphatic heterocycles. The van der Waals surface area contributed by atoms with Gasteiger partial charge in [-0.05, 0) is 34.9 Å². The lowest BCUT2D eigenvalue weighted by Crippen LogP contribution is -2.44. The Morgan fingerprint density at radius 2 is 1.70 bits per heavy atom. The first-order valence-electron chi connectivity index (χ1n) is 11.2. The van der Waals surface area contributed by atoms with Gasteiger partial charge < -0.3 is 5.73 Å². The van der Waals surface area contributed by atoms with E-state index in [1.165, 1.54) is 23.2 Å². The van der Waals surface area contributed by atoms with Crippen LogP contribution in [0, 0.1) is 5.41 Å². The Bertz CT molecular complexity index is 1640. The number of carbonyl (C=O) groups is 1. The predicted molar refractivity (Wildman–Crippen MR) is 137 cm³/mol. The molecule has 2 aliphatic rings. The minimum Gasteiger partial charge on any atom is -0.384 e. The molecule has 0 saturated carbocycles. The minimum absolute atomic E-state index is 0.175. The molecule has 1 aliphatic carbocycles. The molecular weight excluding hydrogens is 516 g/mol. The van der Waals surface area contributed by atoms with Crippen molar-refractivity contribution >= 4 is 37.5 Å². The number of urea groups is 1. The zero-order valence-electron chi connectivity index (χ0n) is 19.6. The highest BCUT2D eigenvalue weighted by Crippen LogP contribution is 2.61. The number of carbonyl (C=O) groups excluding carboxylic acids is 1. The summed E-state index contributed by atoms with van der Waals surface area (Å²) in [7, 11) is -8.25. The van der Waals surface area contributed by atoms with Crippen LogP contribution in [0.5, 0.6) is 0 Å². The fourth-order valence-electron chi connectivity index (χ4n) is 5.59. The summed E-state index contributed by atoms with van der Waals surface area (Å²) in [6.45, 7) is 0. The highest BCUT2D eigenvalue weighted by Gasteiger charge is 2.60. The number of likely N-dealkylation sites (tertiary alicyclic amines) is 1. The number of fused-ring (bicyclic) bond motifs is 6. The third kappa shape index (κ3) is 4.14. The van der Waals surface area contributed by atoms with Crippen molar-refractivity contribution in [2.24, 2.45) is 10.9 Å². The second-order valence-electron chi connectivity index (χ2n) is 9.12. The third-order valence-electron chi connectivity index (χ3n) is 6.80. The highest BCUT2D eigenvalue weighted by atomic mass is 32.2.